The predicted molar refractivity (Wildman–Crippen MR) is 257 cm³/mol. The summed E-state index contributed by atoms with van der Waals surface area (Å²) in [5.74, 6) is 0. The Bertz CT molecular complexity index is 3750. The van der Waals surface area contributed by atoms with Gasteiger partial charge < -0.3 is 13.7 Å². The fourth-order valence-electron chi connectivity index (χ4n) is 10.2. The zero-order valence-corrected chi connectivity index (χ0v) is 34.4. The summed E-state index contributed by atoms with van der Waals surface area (Å²) in [6.45, 7) is 4.71. The van der Waals surface area contributed by atoms with Crippen LogP contribution in [-0.4, -0.2) is 0 Å². The number of benzene rings is 9. The number of nitrogens with zero attached hydrogens (tertiary/aromatic N) is 1. The topological polar surface area (TPSA) is 29.5 Å². The van der Waals surface area contributed by atoms with Crippen LogP contribution in [-0.2, 0) is 5.41 Å². The van der Waals surface area contributed by atoms with Crippen LogP contribution in [0.15, 0.2) is 197 Å². The van der Waals surface area contributed by atoms with Crippen LogP contribution in [0.2, 0.25) is 0 Å². The molecule has 0 saturated carbocycles. The molecular formula is C57H37NO2S. The molecule has 288 valence electrons. The average molecular weight is 800 g/mol. The highest BCUT2D eigenvalue weighted by Crippen LogP contribution is 2.53. The van der Waals surface area contributed by atoms with E-state index in [0.29, 0.717) is 0 Å². The summed E-state index contributed by atoms with van der Waals surface area (Å²) in [7, 11) is 0. The van der Waals surface area contributed by atoms with Gasteiger partial charge in [-0.1, -0.05) is 153 Å². The molecule has 1 aliphatic rings. The number of anilines is 3. The molecule has 3 heterocycles. The van der Waals surface area contributed by atoms with Crippen LogP contribution in [0.5, 0.6) is 0 Å². The first-order valence-corrected chi connectivity index (χ1v) is 21.7. The van der Waals surface area contributed by atoms with E-state index in [4.69, 9.17) is 8.83 Å². The molecular weight excluding hydrogens is 763 g/mol. The third-order valence-corrected chi connectivity index (χ3v) is 14.3. The molecule has 3 aromatic heterocycles. The van der Waals surface area contributed by atoms with E-state index < -0.39 is 0 Å². The van der Waals surface area contributed by atoms with Crippen molar-refractivity contribution in [3.8, 4) is 33.4 Å². The second kappa shape index (κ2) is 12.8. The number of para-hydroxylation sites is 2. The van der Waals surface area contributed by atoms with Crippen molar-refractivity contribution in [2.45, 2.75) is 19.3 Å². The van der Waals surface area contributed by atoms with Gasteiger partial charge in [0.2, 0.25) is 0 Å². The molecule has 9 aromatic carbocycles. The number of furan rings is 2. The maximum absolute atomic E-state index is 7.16. The van der Waals surface area contributed by atoms with Crippen molar-refractivity contribution in [3.63, 3.8) is 0 Å². The molecule has 13 rings (SSSR count). The van der Waals surface area contributed by atoms with Crippen molar-refractivity contribution in [3.05, 3.63) is 199 Å². The molecule has 1 aliphatic carbocycles. The summed E-state index contributed by atoms with van der Waals surface area (Å²) in [5.41, 5.74) is 16.3. The first-order valence-electron chi connectivity index (χ1n) is 20.9. The maximum Gasteiger partial charge on any atom is 0.144 e. The van der Waals surface area contributed by atoms with E-state index in [1.54, 1.807) is 0 Å². The first-order chi connectivity index (χ1) is 30.0. The number of hydrogen-bond donors (Lipinski definition) is 0. The first kappa shape index (κ1) is 34.5. The number of thiophene rings is 1. The van der Waals surface area contributed by atoms with Crippen molar-refractivity contribution in [1.29, 1.82) is 0 Å². The minimum Gasteiger partial charge on any atom is -0.456 e. The highest BCUT2D eigenvalue weighted by molar-refractivity contribution is 7.26. The van der Waals surface area contributed by atoms with E-state index in [2.05, 4.69) is 195 Å². The lowest BCUT2D eigenvalue weighted by Gasteiger charge is -2.29. The summed E-state index contributed by atoms with van der Waals surface area (Å²) < 4.78 is 16.3. The molecule has 12 aromatic rings. The Balaban J connectivity index is 1.04. The van der Waals surface area contributed by atoms with Crippen LogP contribution in [0.3, 0.4) is 0 Å². The van der Waals surface area contributed by atoms with Crippen molar-refractivity contribution in [1.82, 2.24) is 0 Å². The van der Waals surface area contributed by atoms with Crippen LogP contribution < -0.4 is 4.90 Å². The van der Waals surface area contributed by atoms with Crippen molar-refractivity contribution < 1.29 is 8.83 Å². The van der Waals surface area contributed by atoms with Gasteiger partial charge in [0.05, 0.1) is 10.4 Å². The van der Waals surface area contributed by atoms with E-state index in [9.17, 15) is 0 Å². The van der Waals surface area contributed by atoms with E-state index in [1.807, 2.05) is 23.5 Å². The molecule has 4 heteroatoms. The standard InChI is InChI=1S/C57H37NO2S/c1-57(2)46-25-9-6-19-39(46)40-30-29-37(32-47(40)57)58(48-26-14-24-43-41-20-8-11-28-51(41)61-56(43)48)36-18-12-17-35(31-36)38-22-13-23-42-45-33-50-53(44-21-7-10-27-49(44)59-50)52(55(45)60-54(38)42)34-15-4-3-5-16-34/h3-33H,1-2H3. The highest BCUT2D eigenvalue weighted by Gasteiger charge is 2.36. The maximum atomic E-state index is 7.16. The molecule has 0 bridgehead atoms. The van der Waals surface area contributed by atoms with Gasteiger partial charge in [-0.25, -0.2) is 0 Å². The Morgan fingerprint density at radius 3 is 2.05 bits per heavy atom. The lowest BCUT2D eigenvalue weighted by Crippen LogP contribution is -2.16. The zero-order chi connectivity index (χ0) is 40.4. The summed E-state index contributed by atoms with van der Waals surface area (Å²) >= 11 is 1.86. The molecule has 0 spiro atoms. The van der Waals surface area contributed by atoms with Crippen LogP contribution in [0, 0.1) is 0 Å². The minimum atomic E-state index is -0.137. The van der Waals surface area contributed by atoms with Crippen LogP contribution in [0.1, 0.15) is 25.0 Å². The van der Waals surface area contributed by atoms with Gasteiger partial charge in [-0.15, -0.1) is 11.3 Å². The summed E-state index contributed by atoms with van der Waals surface area (Å²) in [4.78, 5) is 2.46. The second-order valence-electron chi connectivity index (χ2n) is 16.8. The highest BCUT2D eigenvalue weighted by atomic mass is 32.1. The SMILES string of the molecule is CC1(C)c2ccccc2-c2ccc(N(c3cccc(-c4cccc5c4oc4c(-c6ccccc6)c6c(cc45)oc4ccccc46)c3)c3cccc4c3sc3ccccc34)cc21. The summed E-state index contributed by atoms with van der Waals surface area (Å²) in [6, 6.07) is 68.0. The molecule has 0 fully saturated rings. The van der Waals surface area contributed by atoms with Crippen molar-refractivity contribution in [2.75, 3.05) is 4.90 Å². The van der Waals surface area contributed by atoms with Gasteiger partial charge in [0.1, 0.15) is 22.3 Å². The van der Waals surface area contributed by atoms with Gasteiger partial charge >= 0.3 is 0 Å². The third kappa shape index (κ3) is 4.97. The Morgan fingerprint density at radius 2 is 1.13 bits per heavy atom. The molecule has 0 saturated heterocycles. The lowest BCUT2D eigenvalue weighted by molar-refractivity contribution is 0.660. The quantitative estimate of drug-likeness (QED) is 0.174. The minimum absolute atomic E-state index is 0.137. The number of fused-ring (bicyclic) bond motifs is 12. The van der Waals surface area contributed by atoms with E-state index in [1.165, 1.54) is 42.4 Å². The largest absolute Gasteiger partial charge is 0.456 e. The average Bonchev–Trinajstić information content (AvgIpc) is 4.05. The number of rotatable bonds is 5. The normalized spacial score (nSPS) is 13.2. The zero-order valence-electron chi connectivity index (χ0n) is 33.6. The van der Waals surface area contributed by atoms with E-state index in [0.717, 1.165) is 83.2 Å². The van der Waals surface area contributed by atoms with Crippen LogP contribution >= 0.6 is 11.3 Å². The van der Waals surface area contributed by atoms with Gasteiger partial charge in [0.15, 0.2) is 0 Å². The van der Waals surface area contributed by atoms with Crippen LogP contribution in [0.4, 0.5) is 17.1 Å². The van der Waals surface area contributed by atoms with Crippen molar-refractivity contribution >= 4 is 92.4 Å². The van der Waals surface area contributed by atoms with Gasteiger partial charge in [0, 0.05) is 64.9 Å². The molecule has 0 amide bonds. The number of hydrogen-bond acceptors (Lipinski definition) is 4. The Hall–Kier alpha value is -7.40. The Morgan fingerprint density at radius 1 is 0.443 bits per heavy atom. The summed E-state index contributed by atoms with van der Waals surface area (Å²) in [6.07, 6.45) is 0. The molecule has 61 heavy (non-hydrogen) atoms. The second-order valence-corrected chi connectivity index (χ2v) is 17.8. The van der Waals surface area contributed by atoms with E-state index >= 15 is 0 Å². The van der Waals surface area contributed by atoms with Gasteiger partial charge in [-0.2, -0.15) is 0 Å². The van der Waals surface area contributed by atoms with E-state index in [-0.39, 0.29) is 5.41 Å². The summed E-state index contributed by atoms with van der Waals surface area (Å²) in [5, 5.41) is 6.81. The van der Waals surface area contributed by atoms with Crippen molar-refractivity contribution in [2.24, 2.45) is 0 Å². The fraction of sp³-hybridized carbons (Fsp3) is 0.0526. The van der Waals surface area contributed by atoms with Gasteiger partial charge in [0.25, 0.3) is 0 Å². The molecule has 0 N–H and O–H groups in total. The van der Waals surface area contributed by atoms with Gasteiger partial charge in [-0.05, 0) is 81.9 Å². The molecule has 0 atom stereocenters. The van der Waals surface area contributed by atoms with Gasteiger partial charge in [-0.3, -0.25) is 0 Å². The lowest BCUT2D eigenvalue weighted by atomic mass is 9.82. The molecule has 3 nitrogen and oxygen atoms in total. The molecule has 0 unspecified atom stereocenters. The molecule has 0 aliphatic heterocycles. The van der Waals surface area contributed by atoms with Crippen LogP contribution in [0.25, 0.3) is 97.4 Å². The third-order valence-electron chi connectivity index (χ3n) is 13.1. The predicted octanol–water partition coefficient (Wildman–Crippen LogP) is 17.0. The Kier molecular flexibility index (Phi) is 7.23. The molecule has 0 radical (unpaired) electrons. The Labute approximate surface area is 356 Å². The fourth-order valence-corrected chi connectivity index (χ4v) is 11.4. The monoisotopic (exact) mass is 799 g/mol. The smallest absolute Gasteiger partial charge is 0.144 e.